The largest absolute Gasteiger partial charge is 0.493 e. The van der Waals surface area contributed by atoms with Crippen LogP contribution in [0.25, 0.3) is 0 Å². The molecule has 0 fully saturated rings. The third kappa shape index (κ3) is 5.35. The number of hydrogen-bond donors (Lipinski definition) is 2. The smallest absolute Gasteiger partial charge is 0.341 e. The molecule has 8 nitrogen and oxygen atoms in total. The predicted octanol–water partition coefficient (Wildman–Crippen LogP) is 4.22. The van der Waals surface area contributed by atoms with E-state index in [0.29, 0.717) is 28.0 Å². The van der Waals surface area contributed by atoms with Crippen LogP contribution in [0.2, 0.25) is 0 Å². The van der Waals surface area contributed by atoms with Crippen molar-refractivity contribution in [2.24, 2.45) is 11.0 Å². The molecule has 3 rings (SSSR count). The van der Waals surface area contributed by atoms with E-state index in [9.17, 15) is 9.59 Å². The zero-order chi connectivity index (χ0) is 22.4. The number of thiophene rings is 1. The van der Waals surface area contributed by atoms with E-state index in [1.807, 2.05) is 0 Å². The van der Waals surface area contributed by atoms with Crippen molar-refractivity contribution in [3.8, 4) is 11.5 Å². The second-order valence-corrected chi connectivity index (χ2v) is 8.32. The minimum absolute atomic E-state index is 0.279. The summed E-state index contributed by atoms with van der Waals surface area (Å²) < 4.78 is 15.7. The summed E-state index contributed by atoms with van der Waals surface area (Å²) in [7, 11) is 3.11. The van der Waals surface area contributed by atoms with Gasteiger partial charge in [0.15, 0.2) is 11.5 Å². The van der Waals surface area contributed by atoms with Gasteiger partial charge in [-0.1, -0.05) is 6.92 Å². The molecule has 9 heteroatoms. The number of anilines is 1. The number of hydrazone groups is 1. The number of nitrogens with zero attached hydrogens (tertiary/aromatic N) is 1. The first-order valence-electron chi connectivity index (χ1n) is 10.1. The van der Waals surface area contributed by atoms with Crippen molar-refractivity contribution in [2.45, 2.75) is 33.1 Å². The molecule has 0 saturated heterocycles. The lowest BCUT2D eigenvalue weighted by Gasteiger charge is -2.18. The predicted molar refractivity (Wildman–Crippen MR) is 121 cm³/mol. The Kier molecular flexibility index (Phi) is 7.51. The van der Waals surface area contributed by atoms with Gasteiger partial charge < -0.3 is 14.2 Å². The summed E-state index contributed by atoms with van der Waals surface area (Å²) >= 11 is 1.43. The Morgan fingerprint density at radius 1 is 1.26 bits per heavy atom. The standard InChI is InChI=1S/C22H27N3O5S/c1-5-30-21(26)19-15-8-6-13(2)10-18(15)31-20(19)24-22(27)25-23-12-14-7-9-16(28-3)17(11-14)29-4/h7,9,11-13H,5-6,8,10H2,1-4H3,(H2,24,25,27)/b23-12-. The zero-order valence-electron chi connectivity index (χ0n) is 18.1. The number of amides is 2. The second-order valence-electron chi connectivity index (χ2n) is 7.21. The van der Waals surface area contributed by atoms with E-state index in [0.717, 1.165) is 35.3 Å². The first-order chi connectivity index (χ1) is 15.0. The van der Waals surface area contributed by atoms with Gasteiger partial charge in [0, 0.05) is 4.88 Å². The lowest BCUT2D eigenvalue weighted by Crippen LogP contribution is -2.25. The summed E-state index contributed by atoms with van der Waals surface area (Å²) in [5.74, 6) is 1.31. The molecule has 2 aromatic rings. The molecule has 1 heterocycles. The Balaban J connectivity index is 1.71. The Morgan fingerprint density at radius 2 is 2.03 bits per heavy atom. The highest BCUT2D eigenvalue weighted by Crippen LogP contribution is 2.40. The third-order valence-corrected chi connectivity index (χ3v) is 6.18. The summed E-state index contributed by atoms with van der Waals surface area (Å²) in [6.45, 7) is 4.23. The van der Waals surface area contributed by atoms with E-state index in [1.165, 1.54) is 17.6 Å². The first kappa shape index (κ1) is 22.6. The van der Waals surface area contributed by atoms with Crippen molar-refractivity contribution in [3.05, 3.63) is 39.8 Å². The highest BCUT2D eigenvalue weighted by Gasteiger charge is 2.29. The van der Waals surface area contributed by atoms with Gasteiger partial charge in [-0.15, -0.1) is 11.3 Å². The third-order valence-electron chi connectivity index (χ3n) is 5.01. The van der Waals surface area contributed by atoms with Gasteiger partial charge in [-0.2, -0.15) is 5.10 Å². The number of rotatable bonds is 7. The molecule has 1 unspecified atom stereocenters. The van der Waals surface area contributed by atoms with Gasteiger partial charge in [0.2, 0.25) is 0 Å². The van der Waals surface area contributed by atoms with Crippen molar-refractivity contribution in [1.29, 1.82) is 0 Å². The fraction of sp³-hybridized carbons (Fsp3) is 0.409. The molecule has 1 aliphatic rings. The van der Waals surface area contributed by atoms with Gasteiger partial charge in [0.05, 0.1) is 32.6 Å². The second kappa shape index (κ2) is 10.3. The van der Waals surface area contributed by atoms with Crippen LogP contribution in [0.1, 0.15) is 46.6 Å². The average Bonchev–Trinajstić information content (AvgIpc) is 3.10. The maximum absolute atomic E-state index is 12.5. The van der Waals surface area contributed by atoms with Crippen molar-refractivity contribution in [1.82, 2.24) is 5.43 Å². The van der Waals surface area contributed by atoms with Crippen LogP contribution < -0.4 is 20.2 Å². The maximum Gasteiger partial charge on any atom is 0.341 e. The maximum atomic E-state index is 12.5. The van der Waals surface area contributed by atoms with Crippen molar-refractivity contribution < 1.29 is 23.8 Å². The summed E-state index contributed by atoms with van der Waals surface area (Å²) in [4.78, 5) is 26.1. The number of hydrogen-bond acceptors (Lipinski definition) is 7. The number of fused-ring (bicyclic) bond motifs is 1. The number of urea groups is 1. The number of methoxy groups -OCH3 is 2. The van der Waals surface area contributed by atoms with E-state index in [2.05, 4.69) is 22.8 Å². The minimum atomic E-state index is -0.533. The SMILES string of the molecule is CCOC(=O)c1c(NC(=O)N/N=C\c2ccc(OC)c(OC)c2)sc2c1CCC(C)C2. The molecule has 1 aliphatic carbocycles. The highest BCUT2D eigenvalue weighted by atomic mass is 32.1. The van der Waals surface area contributed by atoms with E-state index in [1.54, 1.807) is 39.3 Å². The molecule has 0 spiro atoms. The van der Waals surface area contributed by atoms with Crippen molar-refractivity contribution in [2.75, 3.05) is 26.1 Å². The molecule has 0 radical (unpaired) electrons. The molecule has 0 aliphatic heterocycles. The van der Waals surface area contributed by atoms with Crippen LogP contribution in [0.5, 0.6) is 11.5 Å². The average molecular weight is 446 g/mol. The van der Waals surface area contributed by atoms with Crippen LogP contribution in [0.15, 0.2) is 23.3 Å². The molecule has 1 aromatic carbocycles. The molecular formula is C22H27N3O5S. The molecule has 1 aromatic heterocycles. The van der Waals surface area contributed by atoms with Crippen LogP contribution in [0, 0.1) is 5.92 Å². The van der Waals surface area contributed by atoms with Gasteiger partial charge in [-0.3, -0.25) is 5.32 Å². The van der Waals surface area contributed by atoms with E-state index >= 15 is 0 Å². The van der Waals surface area contributed by atoms with Gasteiger partial charge in [-0.25, -0.2) is 15.0 Å². The Labute approximate surface area is 185 Å². The number of carbonyl (C=O) groups excluding carboxylic acids is 2. The Morgan fingerprint density at radius 3 is 2.74 bits per heavy atom. The van der Waals surface area contributed by atoms with E-state index in [-0.39, 0.29) is 6.61 Å². The van der Waals surface area contributed by atoms with Crippen LogP contribution >= 0.6 is 11.3 Å². The van der Waals surface area contributed by atoms with Gasteiger partial charge in [-0.05, 0) is 61.4 Å². The fourth-order valence-corrected chi connectivity index (χ4v) is 4.88. The number of esters is 1. The van der Waals surface area contributed by atoms with Gasteiger partial charge in [0.1, 0.15) is 5.00 Å². The first-order valence-corrected chi connectivity index (χ1v) is 10.9. The fourth-order valence-electron chi connectivity index (χ4n) is 3.49. The normalized spacial score (nSPS) is 15.3. The summed E-state index contributed by atoms with van der Waals surface area (Å²) in [5, 5.41) is 7.23. The summed E-state index contributed by atoms with van der Waals surface area (Å²) in [6.07, 6.45) is 4.21. The molecule has 1 atom stereocenters. The topological polar surface area (TPSA) is 98.2 Å². The lowest BCUT2D eigenvalue weighted by atomic mass is 9.88. The Hall–Kier alpha value is -3.07. The zero-order valence-corrected chi connectivity index (χ0v) is 18.9. The highest BCUT2D eigenvalue weighted by molar-refractivity contribution is 7.17. The lowest BCUT2D eigenvalue weighted by molar-refractivity contribution is 0.0526. The Bertz CT molecular complexity index is 986. The number of ether oxygens (including phenoxy) is 3. The van der Waals surface area contributed by atoms with E-state index < -0.39 is 12.0 Å². The summed E-state index contributed by atoms with van der Waals surface area (Å²) in [5.41, 5.74) is 4.62. The quantitative estimate of drug-likeness (QED) is 0.378. The van der Waals surface area contributed by atoms with Crippen LogP contribution in [0.4, 0.5) is 9.80 Å². The molecular weight excluding hydrogens is 418 g/mol. The molecule has 166 valence electrons. The van der Waals surface area contributed by atoms with Crippen LogP contribution in [-0.4, -0.2) is 39.0 Å². The van der Waals surface area contributed by atoms with Crippen LogP contribution in [0.3, 0.4) is 0 Å². The molecule has 2 amide bonds. The monoisotopic (exact) mass is 445 g/mol. The minimum Gasteiger partial charge on any atom is -0.493 e. The van der Waals surface area contributed by atoms with Crippen molar-refractivity contribution >= 4 is 34.6 Å². The van der Waals surface area contributed by atoms with Crippen molar-refractivity contribution in [3.63, 3.8) is 0 Å². The van der Waals surface area contributed by atoms with Crippen LogP contribution in [-0.2, 0) is 17.6 Å². The number of carbonyl (C=O) groups is 2. The molecule has 2 N–H and O–H groups in total. The molecule has 31 heavy (non-hydrogen) atoms. The summed E-state index contributed by atoms with van der Waals surface area (Å²) in [6, 6.07) is 4.75. The number of benzene rings is 1. The van der Waals surface area contributed by atoms with E-state index in [4.69, 9.17) is 14.2 Å². The van der Waals surface area contributed by atoms with Gasteiger partial charge >= 0.3 is 12.0 Å². The van der Waals surface area contributed by atoms with Gasteiger partial charge in [0.25, 0.3) is 0 Å². The molecule has 0 saturated carbocycles. The molecule has 0 bridgehead atoms. The number of nitrogens with one attached hydrogen (secondary N) is 2.